The van der Waals surface area contributed by atoms with E-state index in [0.717, 1.165) is 16.5 Å². The molecule has 0 saturated carbocycles. The number of aromatic nitrogens is 5. The van der Waals surface area contributed by atoms with Gasteiger partial charge >= 0.3 is 5.69 Å². The van der Waals surface area contributed by atoms with E-state index in [1.165, 1.54) is 4.57 Å². The number of hydrogen-bond donors (Lipinski definition) is 2. The first-order valence-electron chi connectivity index (χ1n) is 9.80. The molecule has 0 fully saturated rings. The second-order valence-corrected chi connectivity index (χ2v) is 7.15. The summed E-state index contributed by atoms with van der Waals surface area (Å²) in [5.74, 6) is -0.421. The lowest BCUT2D eigenvalue weighted by molar-refractivity contribution is 0.0997. The molecule has 0 aliphatic carbocycles. The van der Waals surface area contributed by atoms with Gasteiger partial charge in [-0.05, 0) is 24.1 Å². The molecule has 0 spiro atoms. The summed E-state index contributed by atoms with van der Waals surface area (Å²) >= 11 is 0. The molecule has 3 heterocycles. The molecule has 0 bridgehead atoms. The van der Waals surface area contributed by atoms with Gasteiger partial charge in [-0.25, -0.2) is 14.8 Å². The van der Waals surface area contributed by atoms with Gasteiger partial charge in [0.25, 0.3) is 5.91 Å². The topological polar surface area (TPSA) is 120 Å². The van der Waals surface area contributed by atoms with Gasteiger partial charge in [-0.15, -0.1) is 0 Å². The summed E-state index contributed by atoms with van der Waals surface area (Å²) in [6.45, 7) is 0.397. The Kier molecular flexibility index (Phi) is 4.51. The number of imidazole rings is 1. The lowest BCUT2D eigenvalue weighted by atomic mass is 10.1. The number of nitrogens with one attached hydrogen (secondary N) is 1. The molecule has 8 nitrogen and oxygen atoms in total. The van der Waals surface area contributed by atoms with Crippen LogP contribution in [0.15, 0.2) is 71.7 Å². The van der Waals surface area contributed by atoms with E-state index < -0.39 is 5.91 Å². The van der Waals surface area contributed by atoms with Crippen molar-refractivity contribution >= 4 is 28.0 Å². The average Bonchev–Trinajstić information content (AvgIpc) is 3.12. The molecule has 3 N–H and O–H groups in total. The van der Waals surface area contributed by atoms with Gasteiger partial charge < -0.3 is 10.7 Å². The van der Waals surface area contributed by atoms with Gasteiger partial charge in [0.05, 0.1) is 5.52 Å². The smallest absolute Gasteiger partial charge is 0.327 e. The molecule has 1 amide bonds. The molecule has 3 aromatic heterocycles. The van der Waals surface area contributed by atoms with Crippen molar-refractivity contribution in [1.29, 1.82) is 0 Å². The highest BCUT2D eigenvalue weighted by Crippen LogP contribution is 2.26. The zero-order chi connectivity index (χ0) is 21.4. The van der Waals surface area contributed by atoms with Gasteiger partial charge in [0.2, 0.25) is 0 Å². The van der Waals surface area contributed by atoms with Crippen LogP contribution < -0.4 is 11.4 Å². The van der Waals surface area contributed by atoms with Crippen LogP contribution in [0.5, 0.6) is 0 Å². The number of nitrogens with two attached hydrogens (primary N) is 1. The minimum atomic E-state index is -0.733. The maximum absolute atomic E-state index is 12.7. The standard InChI is InChI=1S/C23H18N6O2/c24-20(30)18-19-22(29(23(31)27-19)13-11-14-6-2-1-3-7-14)28-21(26-18)16-10-12-25-17-9-5-4-8-15(16)17/h1-10,12H,11,13H2,(H2,24,30)(H,27,31). The number of amides is 1. The maximum atomic E-state index is 12.7. The number of benzene rings is 2. The van der Waals surface area contributed by atoms with Crippen molar-refractivity contribution in [2.75, 3.05) is 0 Å². The molecule has 0 saturated heterocycles. The summed E-state index contributed by atoms with van der Waals surface area (Å²) in [5, 5.41) is 0.841. The molecule has 0 unspecified atom stereocenters. The minimum Gasteiger partial charge on any atom is -0.364 e. The van der Waals surface area contributed by atoms with Crippen LogP contribution >= 0.6 is 0 Å². The van der Waals surface area contributed by atoms with Crippen LogP contribution in [0.3, 0.4) is 0 Å². The Labute approximate surface area is 176 Å². The molecule has 0 aliphatic rings. The molecule has 0 aliphatic heterocycles. The van der Waals surface area contributed by atoms with Crippen molar-refractivity contribution in [3.63, 3.8) is 0 Å². The van der Waals surface area contributed by atoms with E-state index in [9.17, 15) is 9.59 Å². The van der Waals surface area contributed by atoms with Crippen LogP contribution in [0.4, 0.5) is 0 Å². The third kappa shape index (κ3) is 3.33. The first kappa shape index (κ1) is 18.7. The zero-order valence-corrected chi connectivity index (χ0v) is 16.4. The molecule has 31 heavy (non-hydrogen) atoms. The third-order valence-electron chi connectivity index (χ3n) is 5.21. The zero-order valence-electron chi connectivity index (χ0n) is 16.4. The molecule has 152 valence electrons. The molecule has 0 radical (unpaired) electrons. The summed E-state index contributed by atoms with van der Waals surface area (Å²) < 4.78 is 1.52. The van der Waals surface area contributed by atoms with E-state index in [1.54, 1.807) is 12.3 Å². The Bertz CT molecular complexity index is 1480. The van der Waals surface area contributed by atoms with E-state index >= 15 is 0 Å². The highest BCUT2D eigenvalue weighted by atomic mass is 16.2. The van der Waals surface area contributed by atoms with Crippen molar-refractivity contribution in [3.05, 3.63) is 88.6 Å². The molecular formula is C23H18N6O2. The van der Waals surface area contributed by atoms with Crippen LogP contribution in [0, 0.1) is 0 Å². The molecule has 5 aromatic rings. The normalized spacial score (nSPS) is 11.2. The van der Waals surface area contributed by atoms with Gasteiger partial charge in [-0.1, -0.05) is 48.5 Å². The number of pyridine rings is 1. The Morgan fingerprint density at radius 2 is 1.77 bits per heavy atom. The highest BCUT2D eigenvalue weighted by Gasteiger charge is 2.20. The molecule has 8 heteroatoms. The minimum absolute atomic E-state index is 0.0172. The number of hydrogen-bond acceptors (Lipinski definition) is 5. The van der Waals surface area contributed by atoms with Crippen molar-refractivity contribution < 1.29 is 4.79 Å². The lowest BCUT2D eigenvalue weighted by Gasteiger charge is -2.08. The number of nitrogens with zero attached hydrogens (tertiary/aromatic N) is 4. The van der Waals surface area contributed by atoms with E-state index in [0.29, 0.717) is 30.0 Å². The van der Waals surface area contributed by atoms with Crippen LogP contribution in [-0.2, 0) is 13.0 Å². The Balaban J connectivity index is 1.70. The monoisotopic (exact) mass is 410 g/mol. The van der Waals surface area contributed by atoms with E-state index in [1.807, 2.05) is 54.6 Å². The number of aromatic amines is 1. The number of aryl methyl sites for hydroxylation is 2. The summed E-state index contributed by atoms with van der Waals surface area (Å²) in [4.78, 5) is 40.9. The lowest BCUT2D eigenvalue weighted by Crippen LogP contribution is -2.18. The van der Waals surface area contributed by atoms with Gasteiger partial charge in [0, 0.05) is 23.7 Å². The van der Waals surface area contributed by atoms with Crippen LogP contribution in [0.1, 0.15) is 16.1 Å². The van der Waals surface area contributed by atoms with Crippen LogP contribution in [0.25, 0.3) is 33.5 Å². The first-order chi connectivity index (χ1) is 15.1. The number of rotatable bonds is 5. The fraction of sp³-hybridized carbons (Fsp3) is 0.0870. The van der Waals surface area contributed by atoms with Gasteiger partial charge in [0.15, 0.2) is 17.2 Å². The van der Waals surface area contributed by atoms with Crippen LogP contribution in [0.2, 0.25) is 0 Å². The third-order valence-corrected chi connectivity index (χ3v) is 5.21. The molecule has 5 rings (SSSR count). The van der Waals surface area contributed by atoms with Gasteiger partial charge in [0.1, 0.15) is 5.52 Å². The quantitative estimate of drug-likeness (QED) is 0.462. The predicted octanol–water partition coefficient (Wildman–Crippen LogP) is 2.68. The highest BCUT2D eigenvalue weighted by molar-refractivity contribution is 6.02. The first-order valence-corrected chi connectivity index (χ1v) is 9.80. The maximum Gasteiger partial charge on any atom is 0.327 e. The summed E-state index contributed by atoms with van der Waals surface area (Å²) in [5.41, 5.74) is 8.38. The van der Waals surface area contributed by atoms with Crippen molar-refractivity contribution in [3.8, 4) is 11.4 Å². The Morgan fingerprint density at radius 1 is 1.00 bits per heavy atom. The summed E-state index contributed by atoms with van der Waals surface area (Å²) in [6.07, 6.45) is 2.30. The van der Waals surface area contributed by atoms with Gasteiger partial charge in [-0.3, -0.25) is 14.3 Å². The second-order valence-electron chi connectivity index (χ2n) is 7.15. The fourth-order valence-corrected chi connectivity index (χ4v) is 3.71. The van der Waals surface area contributed by atoms with Crippen LogP contribution in [-0.4, -0.2) is 30.4 Å². The molecule has 2 aromatic carbocycles. The van der Waals surface area contributed by atoms with E-state index in [4.69, 9.17) is 5.73 Å². The Hall–Kier alpha value is -4.33. The number of para-hydroxylation sites is 1. The van der Waals surface area contributed by atoms with Crippen molar-refractivity contribution in [2.24, 2.45) is 5.73 Å². The fourth-order valence-electron chi connectivity index (χ4n) is 3.71. The second kappa shape index (κ2) is 7.49. The summed E-state index contributed by atoms with van der Waals surface area (Å²) in [6, 6.07) is 19.2. The predicted molar refractivity (Wildman–Crippen MR) is 118 cm³/mol. The van der Waals surface area contributed by atoms with Crippen molar-refractivity contribution in [2.45, 2.75) is 13.0 Å². The molecule has 0 atom stereocenters. The number of fused-ring (bicyclic) bond motifs is 2. The van der Waals surface area contributed by atoms with E-state index in [-0.39, 0.29) is 16.9 Å². The molecular weight excluding hydrogens is 392 g/mol. The number of primary amides is 1. The Morgan fingerprint density at radius 3 is 2.58 bits per heavy atom. The number of carbonyl (C=O) groups excluding carboxylic acids is 1. The average molecular weight is 410 g/mol. The largest absolute Gasteiger partial charge is 0.364 e. The van der Waals surface area contributed by atoms with Crippen molar-refractivity contribution in [1.82, 2.24) is 24.5 Å². The SMILES string of the molecule is NC(=O)c1nc(-c2ccnc3ccccc23)nc2c1[nH]c(=O)n2CCc1ccccc1. The number of H-pyrrole nitrogens is 1. The number of carbonyl (C=O) groups is 1. The van der Waals surface area contributed by atoms with E-state index in [2.05, 4.69) is 19.9 Å². The summed E-state index contributed by atoms with van der Waals surface area (Å²) in [7, 11) is 0. The van der Waals surface area contributed by atoms with Gasteiger partial charge in [-0.2, -0.15) is 0 Å².